The summed E-state index contributed by atoms with van der Waals surface area (Å²) >= 11 is 0. The van der Waals surface area contributed by atoms with Crippen molar-refractivity contribution < 1.29 is 9.53 Å². The van der Waals surface area contributed by atoms with E-state index in [0.29, 0.717) is 17.7 Å². The van der Waals surface area contributed by atoms with Crippen LogP contribution in [0.3, 0.4) is 0 Å². The van der Waals surface area contributed by atoms with Gasteiger partial charge in [-0.05, 0) is 25.5 Å². The molecule has 1 rings (SSSR count). The van der Waals surface area contributed by atoms with E-state index in [2.05, 4.69) is 0 Å². The molecule has 0 aliphatic carbocycles. The second-order valence-corrected chi connectivity index (χ2v) is 3.96. The average Bonchev–Trinajstić information content (AvgIpc) is 2.28. The molecule has 0 saturated carbocycles. The first kappa shape index (κ1) is 12.7. The molecule has 0 bridgehead atoms. The van der Waals surface area contributed by atoms with Crippen LogP contribution in [-0.4, -0.2) is 18.9 Å². The third kappa shape index (κ3) is 2.83. The van der Waals surface area contributed by atoms with E-state index in [0.717, 1.165) is 12.0 Å². The van der Waals surface area contributed by atoms with Gasteiger partial charge in [-0.15, -0.1) is 0 Å². The van der Waals surface area contributed by atoms with Crippen molar-refractivity contribution in [1.29, 1.82) is 0 Å². The summed E-state index contributed by atoms with van der Waals surface area (Å²) in [5.74, 6) is 0.560. The molecular formula is C13H19NO2. The molecule has 0 aliphatic rings. The Balaban J connectivity index is 3.01. The molecule has 0 radical (unpaired) electrons. The zero-order valence-corrected chi connectivity index (χ0v) is 10.1. The molecule has 1 unspecified atom stereocenters. The quantitative estimate of drug-likeness (QED) is 0.776. The van der Waals surface area contributed by atoms with Crippen molar-refractivity contribution in [3.05, 3.63) is 29.3 Å². The predicted molar refractivity (Wildman–Crippen MR) is 64.9 cm³/mol. The number of carbonyl (C=O) groups is 1. The van der Waals surface area contributed by atoms with Crippen LogP contribution in [-0.2, 0) is 0 Å². The summed E-state index contributed by atoms with van der Waals surface area (Å²) in [5.41, 5.74) is 7.45. The first-order valence-electron chi connectivity index (χ1n) is 5.54. The standard InChI is InChI=1S/C13H19NO2/c1-4-5-11(14)13(15)10-8-9(2)6-7-12(10)16-3/h6-8,11H,4-5,14H2,1-3H3. The first-order chi connectivity index (χ1) is 7.60. The molecule has 88 valence electrons. The zero-order chi connectivity index (χ0) is 12.1. The molecule has 0 saturated heterocycles. The number of ketones is 1. The van der Waals surface area contributed by atoms with Crippen LogP contribution in [0.25, 0.3) is 0 Å². The highest BCUT2D eigenvalue weighted by Gasteiger charge is 2.18. The number of Topliss-reactive ketones (excluding diaryl/α,β-unsaturated/α-hetero) is 1. The summed E-state index contributed by atoms with van der Waals surface area (Å²) in [4.78, 5) is 12.1. The van der Waals surface area contributed by atoms with Gasteiger partial charge in [0.05, 0.1) is 18.7 Å². The van der Waals surface area contributed by atoms with E-state index in [1.807, 2.05) is 26.0 Å². The fourth-order valence-corrected chi connectivity index (χ4v) is 1.66. The summed E-state index contributed by atoms with van der Waals surface area (Å²) in [5, 5.41) is 0. The number of aryl methyl sites for hydroxylation is 1. The van der Waals surface area contributed by atoms with E-state index in [1.165, 1.54) is 0 Å². The van der Waals surface area contributed by atoms with Crippen molar-refractivity contribution in [2.75, 3.05) is 7.11 Å². The summed E-state index contributed by atoms with van der Waals surface area (Å²) in [6, 6.07) is 5.12. The highest BCUT2D eigenvalue weighted by atomic mass is 16.5. The van der Waals surface area contributed by atoms with Gasteiger partial charge in [0.15, 0.2) is 5.78 Å². The number of methoxy groups -OCH3 is 1. The molecule has 3 heteroatoms. The lowest BCUT2D eigenvalue weighted by atomic mass is 9.99. The van der Waals surface area contributed by atoms with Crippen LogP contribution in [0.2, 0.25) is 0 Å². The third-order valence-electron chi connectivity index (χ3n) is 2.56. The Kier molecular flexibility index (Phi) is 4.50. The molecule has 1 aromatic carbocycles. The van der Waals surface area contributed by atoms with Crippen LogP contribution in [0.15, 0.2) is 18.2 Å². The minimum atomic E-state index is -0.430. The Bertz CT molecular complexity index is 374. The molecule has 1 aromatic rings. The van der Waals surface area contributed by atoms with Crippen LogP contribution in [0.1, 0.15) is 35.7 Å². The number of benzene rings is 1. The van der Waals surface area contributed by atoms with Crippen LogP contribution < -0.4 is 10.5 Å². The molecule has 0 aromatic heterocycles. The second-order valence-electron chi connectivity index (χ2n) is 3.96. The summed E-state index contributed by atoms with van der Waals surface area (Å²) < 4.78 is 5.17. The lowest BCUT2D eigenvalue weighted by Crippen LogP contribution is -2.30. The zero-order valence-electron chi connectivity index (χ0n) is 10.1. The summed E-state index contributed by atoms with van der Waals surface area (Å²) in [7, 11) is 1.56. The van der Waals surface area contributed by atoms with Crippen molar-refractivity contribution in [2.24, 2.45) is 5.73 Å². The summed E-state index contributed by atoms with van der Waals surface area (Å²) in [6.07, 6.45) is 1.61. The van der Waals surface area contributed by atoms with Crippen molar-refractivity contribution in [3.8, 4) is 5.75 Å². The average molecular weight is 221 g/mol. The van der Waals surface area contributed by atoms with E-state index < -0.39 is 6.04 Å². The third-order valence-corrected chi connectivity index (χ3v) is 2.56. The van der Waals surface area contributed by atoms with Gasteiger partial charge in [-0.25, -0.2) is 0 Å². The van der Waals surface area contributed by atoms with Gasteiger partial charge in [0.1, 0.15) is 5.75 Å². The first-order valence-corrected chi connectivity index (χ1v) is 5.54. The largest absolute Gasteiger partial charge is 0.496 e. The predicted octanol–water partition coefficient (Wildman–Crippen LogP) is 2.31. The number of hydrogen-bond donors (Lipinski definition) is 1. The van der Waals surface area contributed by atoms with E-state index in [4.69, 9.17) is 10.5 Å². The van der Waals surface area contributed by atoms with Gasteiger partial charge in [-0.2, -0.15) is 0 Å². The minimum absolute atomic E-state index is 0.0394. The van der Waals surface area contributed by atoms with E-state index in [1.54, 1.807) is 13.2 Å². The van der Waals surface area contributed by atoms with Crippen molar-refractivity contribution in [1.82, 2.24) is 0 Å². The Morgan fingerprint density at radius 3 is 2.75 bits per heavy atom. The lowest BCUT2D eigenvalue weighted by Gasteiger charge is -2.13. The maximum atomic E-state index is 12.1. The van der Waals surface area contributed by atoms with Gasteiger partial charge < -0.3 is 10.5 Å². The van der Waals surface area contributed by atoms with Gasteiger partial charge in [0.25, 0.3) is 0 Å². The fraction of sp³-hybridized carbons (Fsp3) is 0.462. The Hall–Kier alpha value is -1.35. The normalized spacial score (nSPS) is 12.2. The molecule has 1 atom stereocenters. The van der Waals surface area contributed by atoms with Crippen LogP contribution in [0.4, 0.5) is 0 Å². The Morgan fingerprint density at radius 1 is 1.50 bits per heavy atom. The number of nitrogens with two attached hydrogens (primary N) is 1. The van der Waals surface area contributed by atoms with Gasteiger partial charge in [0, 0.05) is 0 Å². The molecule has 0 amide bonds. The highest BCUT2D eigenvalue weighted by Crippen LogP contribution is 2.21. The monoisotopic (exact) mass is 221 g/mol. The van der Waals surface area contributed by atoms with Crippen molar-refractivity contribution >= 4 is 5.78 Å². The van der Waals surface area contributed by atoms with Crippen LogP contribution >= 0.6 is 0 Å². The topological polar surface area (TPSA) is 52.3 Å². The second kappa shape index (κ2) is 5.66. The minimum Gasteiger partial charge on any atom is -0.496 e. The van der Waals surface area contributed by atoms with Gasteiger partial charge in [-0.3, -0.25) is 4.79 Å². The Labute approximate surface area is 96.6 Å². The maximum Gasteiger partial charge on any atom is 0.183 e. The SMILES string of the molecule is CCCC(N)C(=O)c1cc(C)ccc1OC. The van der Waals surface area contributed by atoms with Gasteiger partial charge >= 0.3 is 0 Å². The number of carbonyl (C=O) groups excluding carboxylic acids is 1. The van der Waals surface area contributed by atoms with Crippen molar-refractivity contribution in [2.45, 2.75) is 32.7 Å². The van der Waals surface area contributed by atoms with E-state index in [-0.39, 0.29) is 5.78 Å². The molecule has 0 aliphatic heterocycles. The molecule has 3 nitrogen and oxygen atoms in total. The maximum absolute atomic E-state index is 12.1. The number of hydrogen-bond acceptors (Lipinski definition) is 3. The molecule has 0 heterocycles. The van der Waals surface area contributed by atoms with Crippen LogP contribution in [0.5, 0.6) is 5.75 Å². The highest BCUT2D eigenvalue weighted by molar-refractivity contribution is 6.02. The number of rotatable bonds is 5. The van der Waals surface area contributed by atoms with E-state index >= 15 is 0 Å². The van der Waals surface area contributed by atoms with Crippen molar-refractivity contribution in [3.63, 3.8) is 0 Å². The Morgan fingerprint density at radius 2 is 2.19 bits per heavy atom. The molecule has 0 spiro atoms. The number of ether oxygens (including phenoxy) is 1. The molecule has 2 N–H and O–H groups in total. The smallest absolute Gasteiger partial charge is 0.183 e. The fourth-order valence-electron chi connectivity index (χ4n) is 1.66. The van der Waals surface area contributed by atoms with Gasteiger partial charge in [-0.1, -0.05) is 25.0 Å². The van der Waals surface area contributed by atoms with Gasteiger partial charge in [0.2, 0.25) is 0 Å². The van der Waals surface area contributed by atoms with Crippen LogP contribution in [0, 0.1) is 6.92 Å². The molecular weight excluding hydrogens is 202 g/mol. The lowest BCUT2D eigenvalue weighted by molar-refractivity contribution is 0.0953. The molecule has 16 heavy (non-hydrogen) atoms. The summed E-state index contributed by atoms with van der Waals surface area (Å²) in [6.45, 7) is 3.96. The van der Waals surface area contributed by atoms with E-state index in [9.17, 15) is 4.79 Å². The molecule has 0 fully saturated rings.